The number of alkyl halides is 3. The van der Waals surface area contributed by atoms with Crippen LogP contribution in [0.3, 0.4) is 0 Å². The van der Waals surface area contributed by atoms with E-state index in [4.69, 9.17) is 14.2 Å². The summed E-state index contributed by atoms with van der Waals surface area (Å²) in [7, 11) is 2.13. The molecule has 1 atom stereocenters. The van der Waals surface area contributed by atoms with E-state index in [1.807, 2.05) is 0 Å². The van der Waals surface area contributed by atoms with Gasteiger partial charge in [0.15, 0.2) is 5.78 Å². The number of carbonyl (C=O) groups excluding carboxylic acids is 1. The van der Waals surface area contributed by atoms with E-state index in [2.05, 4.69) is 0 Å². The third-order valence-electron chi connectivity index (χ3n) is 4.08. The van der Waals surface area contributed by atoms with Crippen LogP contribution in [0, 0.1) is 5.82 Å². The van der Waals surface area contributed by atoms with Gasteiger partial charge < -0.3 is 14.2 Å². The quantitative estimate of drug-likeness (QED) is 0.743. The molecule has 1 unspecified atom stereocenters. The number of carbonyl (C=O) groups is 1. The van der Waals surface area contributed by atoms with Crippen molar-refractivity contribution in [2.75, 3.05) is 14.2 Å². The van der Waals surface area contributed by atoms with Crippen molar-refractivity contribution in [3.05, 3.63) is 52.8 Å². The van der Waals surface area contributed by atoms with Crippen LogP contribution in [0.5, 0.6) is 17.2 Å². The molecule has 0 saturated heterocycles. The number of Topliss-reactive ketones (excluding diaryl/α,β-unsaturated/α-hetero) is 1. The van der Waals surface area contributed by atoms with Crippen LogP contribution in [0.25, 0.3) is 0 Å². The highest BCUT2D eigenvalue weighted by Gasteiger charge is 2.43. The first-order valence-electron chi connectivity index (χ1n) is 7.57. The van der Waals surface area contributed by atoms with Gasteiger partial charge in [0.2, 0.25) is 0 Å². The SMILES string of the molecule is COc1cc2c(c(OC)c1C(F)(F)F)C(=O)CC(c1ccc(F)cc1)O2. The Morgan fingerprint density at radius 1 is 1.12 bits per heavy atom. The molecular formula is C18H14F4O4. The predicted octanol–water partition coefficient (Wildman–Crippen LogP) is 4.57. The molecular weight excluding hydrogens is 356 g/mol. The highest BCUT2D eigenvalue weighted by Crippen LogP contribution is 2.50. The minimum absolute atomic E-state index is 0.0720. The Morgan fingerprint density at radius 2 is 1.77 bits per heavy atom. The number of fused-ring (bicyclic) bond motifs is 1. The number of hydrogen-bond donors (Lipinski definition) is 0. The summed E-state index contributed by atoms with van der Waals surface area (Å²) in [5.41, 5.74) is -0.916. The molecule has 3 rings (SSSR count). The maximum atomic E-state index is 13.4. The molecule has 0 amide bonds. The molecule has 0 radical (unpaired) electrons. The van der Waals surface area contributed by atoms with Crippen molar-refractivity contribution < 1.29 is 36.6 Å². The Hall–Kier alpha value is -2.77. The van der Waals surface area contributed by atoms with Crippen molar-refractivity contribution in [3.8, 4) is 17.2 Å². The molecule has 0 bridgehead atoms. The number of methoxy groups -OCH3 is 2. The second-order valence-corrected chi connectivity index (χ2v) is 5.64. The van der Waals surface area contributed by atoms with E-state index < -0.39 is 40.9 Å². The molecule has 0 aliphatic carbocycles. The van der Waals surface area contributed by atoms with Crippen molar-refractivity contribution in [2.45, 2.75) is 18.7 Å². The highest BCUT2D eigenvalue weighted by molar-refractivity contribution is 6.03. The van der Waals surface area contributed by atoms with E-state index in [-0.39, 0.29) is 17.7 Å². The number of halogens is 4. The Bertz CT molecular complexity index is 844. The summed E-state index contributed by atoms with van der Waals surface area (Å²) in [5, 5.41) is 0. The zero-order valence-corrected chi connectivity index (χ0v) is 13.8. The topological polar surface area (TPSA) is 44.8 Å². The first-order valence-corrected chi connectivity index (χ1v) is 7.57. The van der Waals surface area contributed by atoms with Crippen LogP contribution < -0.4 is 14.2 Å². The first kappa shape index (κ1) is 18.0. The van der Waals surface area contributed by atoms with E-state index >= 15 is 0 Å². The van der Waals surface area contributed by atoms with E-state index in [0.717, 1.165) is 20.3 Å². The molecule has 1 heterocycles. The zero-order valence-electron chi connectivity index (χ0n) is 13.8. The first-order chi connectivity index (χ1) is 12.3. The summed E-state index contributed by atoms with van der Waals surface area (Å²) >= 11 is 0. The Morgan fingerprint density at radius 3 is 2.31 bits per heavy atom. The molecule has 2 aromatic rings. The maximum absolute atomic E-state index is 13.4. The fourth-order valence-corrected chi connectivity index (χ4v) is 2.93. The Labute approximate surface area is 146 Å². The largest absolute Gasteiger partial charge is 0.496 e. The van der Waals surface area contributed by atoms with Gasteiger partial charge in [-0.05, 0) is 17.7 Å². The number of rotatable bonds is 3. The van der Waals surface area contributed by atoms with Gasteiger partial charge in [0.1, 0.15) is 40.3 Å². The van der Waals surface area contributed by atoms with Crippen molar-refractivity contribution >= 4 is 5.78 Å². The molecule has 0 N–H and O–H groups in total. The van der Waals surface area contributed by atoms with Crippen LogP contribution in [-0.4, -0.2) is 20.0 Å². The fourth-order valence-electron chi connectivity index (χ4n) is 2.93. The van der Waals surface area contributed by atoms with Crippen LogP contribution in [0.4, 0.5) is 17.6 Å². The molecule has 4 nitrogen and oxygen atoms in total. The number of ketones is 1. The van der Waals surface area contributed by atoms with Crippen LogP contribution in [0.15, 0.2) is 30.3 Å². The summed E-state index contributed by atoms with van der Waals surface area (Å²) < 4.78 is 68.7. The normalized spacial score (nSPS) is 16.7. The molecule has 2 aromatic carbocycles. The summed E-state index contributed by atoms with van der Waals surface area (Å²) in [6.07, 6.45) is -5.72. The van der Waals surface area contributed by atoms with Crippen LogP contribution in [0.2, 0.25) is 0 Å². The minimum atomic E-state index is -4.78. The fraction of sp³-hybridized carbons (Fsp3) is 0.278. The molecule has 0 spiro atoms. The van der Waals surface area contributed by atoms with Gasteiger partial charge in [-0.1, -0.05) is 12.1 Å². The molecule has 138 valence electrons. The lowest BCUT2D eigenvalue weighted by Crippen LogP contribution is -2.23. The van der Waals surface area contributed by atoms with Gasteiger partial charge in [0.25, 0.3) is 0 Å². The van der Waals surface area contributed by atoms with Crippen LogP contribution >= 0.6 is 0 Å². The number of ether oxygens (including phenoxy) is 3. The minimum Gasteiger partial charge on any atom is -0.496 e. The zero-order chi connectivity index (χ0) is 19.1. The third kappa shape index (κ3) is 3.07. The predicted molar refractivity (Wildman–Crippen MR) is 83.3 cm³/mol. The van der Waals surface area contributed by atoms with Gasteiger partial charge in [-0.15, -0.1) is 0 Å². The monoisotopic (exact) mass is 370 g/mol. The van der Waals surface area contributed by atoms with E-state index in [9.17, 15) is 22.4 Å². The summed E-state index contributed by atoms with van der Waals surface area (Å²) in [5.74, 6) is -2.23. The number of benzene rings is 2. The van der Waals surface area contributed by atoms with Gasteiger partial charge in [0.05, 0.1) is 20.6 Å². The lowest BCUT2D eigenvalue weighted by Gasteiger charge is -2.28. The van der Waals surface area contributed by atoms with Crippen molar-refractivity contribution in [2.24, 2.45) is 0 Å². The lowest BCUT2D eigenvalue weighted by atomic mass is 9.93. The summed E-state index contributed by atoms with van der Waals surface area (Å²) in [4.78, 5) is 12.6. The van der Waals surface area contributed by atoms with Gasteiger partial charge in [0, 0.05) is 6.07 Å². The van der Waals surface area contributed by atoms with E-state index in [0.29, 0.717) is 5.56 Å². The Balaban J connectivity index is 2.13. The second kappa shape index (κ2) is 6.51. The second-order valence-electron chi connectivity index (χ2n) is 5.64. The van der Waals surface area contributed by atoms with E-state index in [1.165, 1.54) is 24.3 Å². The average Bonchev–Trinajstić information content (AvgIpc) is 2.59. The maximum Gasteiger partial charge on any atom is 0.423 e. The molecule has 0 fully saturated rings. The molecule has 0 saturated carbocycles. The summed E-state index contributed by atoms with van der Waals surface area (Å²) in [6.45, 7) is 0. The third-order valence-corrected chi connectivity index (χ3v) is 4.08. The number of hydrogen-bond acceptors (Lipinski definition) is 4. The van der Waals surface area contributed by atoms with Gasteiger partial charge >= 0.3 is 6.18 Å². The lowest BCUT2D eigenvalue weighted by molar-refractivity contribution is -0.140. The standard InChI is InChI=1S/C18H14F4O4/c1-24-14-8-13-15(17(25-2)16(14)18(20,21)22)11(23)7-12(26-13)9-3-5-10(19)6-4-9/h3-6,8,12H,7H2,1-2H3. The van der Waals surface area contributed by atoms with Gasteiger partial charge in [-0.3, -0.25) is 4.79 Å². The smallest absolute Gasteiger partial charge is 0.423 e. The summed E-state index contributed by atoms with van der Waals surface area (Å²) in [6, 6.07) is 6.36. The molecule has 0 aromatic heterocycles. The van der Waals surface area contributed by atoms with Crippen molar-refractivity contribution in [3.63, 3.8) is 0 Å². The molecule has 8 heteroatoms. The van der Waals surface area contributed by atoms with Gasteiger partial charge in [-0.25, -0.2) is 4.39 Å². The van der Waals surface area contributed by atoms with E-state index in [1.54, 1.807) is 0 Å². The molecule has 1 aliphatic heterocycles. The van der Waals surface area contributed by atoms with Crippen molar-refractivity contribution in [1.29, 1.82) is 0 Å². The highest BCUT2D eigenvalue weighted by atomic mass is 19.4. The molecule has 1 aliphatic rings. The molecule has 26 heavy (non-hydrogen) atoms. The average molecular weight is 370 g/mol. The van der Waals surface area contributed by atoms with Crippen LogP contribution in [-0.2, 0) is 6.18 Å². The Kier molecular flexibility index (Phi) is 4.52. The van der Waals surface area contributed by atoms with Crippen molar-refractivity contribution in [1.82, 2.24) is 0 Å². The van der Waals surface area contributed by atoms with Crippen LogP contribution in [0.1, 0.15) is 34.0 Å². The van der Waals surface area contributed by atoms with Gasteiger partial charge in [-0.2, -0.15) is 13.2 Å².